The molecule has 0 aromatic heterocycles. The van der Waals surface area contributed by atoms with Crippen LogP contribution in [0.2, 0.25) is 0 Å². The maximum absolute atomic E-state index is 5.29. The molecule has 0 saturated carbocycles. The van der Waals surface area contributed by atoms with Gasteiger partial charge in [0.15, 0.2) is 0 Å². The fourth-order valence-electron chi connectivity index (χ4n) is 3.09. The molecule has 0 atom stereocenters. The Hall–Kier alpha value is 0.240. The fraction of sp³-hybridized carbons (Fsp3) is 0.955. The third-order valence-corrected chi connectivity index (χ3v) is 5.98. The van der Waals surface area contributed by atoms with Gasteiger partial charge in [-0.25, -0.2) is 0 Å². The molecule has 0 rings (SSSR count). The van der Waals surface area contributed by atoms with Crippen molar-refractivity contribution in [3.8, 4) is 0 Å². The van der Waals surface area contributed by atoms with E-state index in [1.165, 1.54) is 108 Å². The van der Waals surface area contributed by atoms with Crippen LogP contribution in [-0.2, 0) is 0 Å². The van der Waals surface area contributed by atoms with Crippen LogP contribution in [0.3, 0.4) is 0 Å². The van der Waals surface area contributed by atoms with Gasteiger partial charge in [-0.05, 0) is 20.3 Å². The van der Waals surface area contributed by atoms with E-state index in [0.29, 0.717) is 6.04 Å². The van der Waals surface area contributed by atoms with Gasteiger partial charge in [0, 0.05) is 11.8 Å². The van der Waals surface area contributed by atoms with Gasteiger partial charge >= 0.3 is 0 Å². The van der Waals surface area contributed by atoms with Gasteiger partial charge in [0.05, 0.1) is 0 Å². The smallest absolute Gasteiger partial charge is 0.133 e. The number of nitrogens with one attached hydrogen (secondary N) is 1. The molecule has 1 N–H and O–H groups in total. The molecule has 0 aromatic carbocycles. The third-order valence-electron chi connectivity index (χ3n) is 4.64. The zero-order valence-corrected chi connectivity index (χ0v) is 19.0. The highest BCUT2D eigenvalue weighted by atomic mass is 32.2. The molecule has 0 radical (unpaired) electrons. The van der Waals surface area contributed by atoms with Crippen LogP contribution in [0.1, 0.15) is 124 Å². The summed E-state index contributed by atoms with van der Waals surface area (Å²) in [5.74, 6) is 1.18. The normalized spacial score (nSPS) is 11.2. The Morgan fingerprint density at radius 3 is 1.40 bits per heavy atom. The van der Waals surface area contributed by atoms with Crippen LogP contribution >= 0.6 is 24.0 Å². The van der Waals surface area contributed by atoms with Crippen molar-refractivity contribution in [1.29, 1.82) is 0 Å². The quantitative estimate of drug-likeness (QED) is 0.188. The summed E-state index contributed by atoms with van der Waals surface area (Å²) >= 11 is 7.10. The zero-order valence-electron chi connectivity index (χ0n) is 17.4. The predicted molar refractivity (Wildman–Crippen MR) is 123 cm³/mol. The molecule has 0 unspecified atom stereocenters. The molecular weight excluding hydrogens is 342 g/mol. The van der Waals surface area contributed by atoms with Gasteiger partial charge in [0.1, 0.15) is 4.32 Å². The molecule has 0 aromatic rings. The average Bonchev–Trinajstić information content (AvgIpc) is 2.57. The van der Waals surface area contributed by atoms with Gasteiger partial charge in [0.2, 0.25) is 0 Å². The first kappa shape index (κ1) is 25.2. The molecule has 0 saturated heterocycles. The highest BCUT2D eigenvalue weighted by molar-refractivity contribution is 8.22. The molecule has 0 bridgehead atoms. The molecule has 0 fully saturated rings. The Morgan fingerprint density at radius 1 is 0.680 bits per heavy atom. The summed E-state index contributed by atoms with van der Waals surface area (Å²) < 4.78 is 0.968. The highest BCUT2D eigenvalue weighted by Gasteiger charge is 1.99. The minimum atomic E-state index is 0.464. The van der Waals surface area contributed by atoms with Gasteiger partial charge in [0.25, 0.3) is 0 Å². The minimum absolute atomic E-state index is 0.464. The van der Waals surface area contributed by atoms with Crippen molar-refractivity contribution in [1.82, 2.24) is 5.32 Å². The van der Waals surface area contributed by atoms with Gasteiger partial charge in [-0.3, -0.25) is 0 Å². The first-order chi connectivity index (χ1) is 12.2. The lowest BCUT2D eigenvalue weighted by molar-refractivity contribution is 0.532. The Kier molecular flexibility index (Phi) is 20.7. The average molecular weight is 388 g/mol. The number of hydrogen-bond donors (Lipinski definition) is 1. The molecule has 0 aliphatic heterocycles. The van der Waals surface area contributed by atoms with Crippen LogP contribution < -0.4 is 5.32 Å². The second-order valence-electron chi connectivity index (χ2n) is 7.74. The van der Waals surface area contributed by atoms with E-state index >= 15 is 0 Å². The lowest BCUT2D eigenvalue weighted by atomic mass is 10.0. The van der Waals surface area contributed by atoms with Crippen LogP contribution in [0.4, 0.5) is 0 Å². The van der Waals surface area contributed by atoms with Gasteiger partial charge in [-0.2, -0.15) is 0 Å². The van der Waals surface area contributed by atoms with E-state index in [0.717, 1.165) is 4.32 Å². The van der Waals surface area contributed by atoms with E-state index in [-0.39, 0.29) is 0 Å². The lowest BCUT2D eigenvalue weighted by Gasteiger charge is -2.10. The second-order valence-corrected chi connectivity index (χ2v) is 9.51. The molecular formula is C22H45NS2. The van der Waals surface area contributed by atoms with Crippen molar-refractivity contribution in [2.45, 2.75) is 130 Å². The summed E-state index contributed by atoms with van der Waals surface area (Å²) in [7, 11) is 0. The van der Waals surface area contributed by atoms with E-state index in [4.69, 9.17) is 12.2 Å². The van der Waals surface area contributed by atoms with Crippen molar-refractivity contribution in [3.05, 3.63) is 0 Å². The Morgan fingerprint density at radius 2 is 1.04 bits per heavy atom. The van der Waals surface area contributed by atoms with E-state index in [1.54, 1.807) is 0 Å². The topological polar surface area (TPSA) is 12.0 Å². The SMILES string of the molecule is CCCCCCCCCCCCCCCCCCSC(=S)NC(C)C. The van der Waals surface area contributed by atoms with Crippen LogP contribution in [0.15, 0.2) is 0 Å². The molecule has 0 amide bonds. The van der Waals surface area contributed by atoms with Crippen molar-refractivity contribution in [3.63, 3.8) is 0 Å². The summed E-state index contributed by atoms with van der Waals surface area (Å²) in [6.45, 7) is 6.57. The Balaban J connectivity index is 3.06. The first-order valence-electron chi connectivity index (χ1n) is 11.1. The van der Waals surface area contributed by atoms with Gasteiger partial charge in [-0.15, -0.1) is 0 Å². The monoisotopic (exact) mass is 387 g/mol. The molecule has 25 heavy (non-hydrogen) atoms. The number of unbranched alkanes of at least 4 members (excludes halogenated alkanes) is 15. The first-order valence-corrected chi connectivity index (χ1v) is 12.5. The third kappa shape index (κ3) is 22.2. The maximum Gasteiger partial charge on any atom is 0.133 e. The molecule has 0 spiro atoms. The number of thioether (sulfide) groups is 1. The van der Waals surface area contributed by atoms with Crippen molar-refractivity contribution >= 4 is 28.3 Å². The number of thiocarbonyl (C=S) groups is 1. The predicted octanol–water partition coefficient (Wildman–Crippen LogP) is 8.26. The summed E-state index contributed by atoms with van der Waals surface area (Å²) in [5, 5.41) is 3.29. The number of rotatable bonds is 18. The summed E-state index contributed by atoms with van der Waals surface area (Å²) in [6.07, 6.45) is 22.9. The van der Waals surface area contributed by atoms with Crippen LogP contribution in [0.25, 0.3) is 0 Å². The minimum Gasteiger partial charge on any atom is -0.369 e. The molecule has 0 heterocycles. The van der Waals surface area contributed by atoms with E-state index in [2.05, 4.69) is 26.1 Å². The molecule has 0 aliphatic rings. The lowest BCUT2D eigenvalue weighted by Crippen LogP contribution is -2.26. The molecule has 150 valence electrons. The molecule has 3 heteroatoms. The second kappa shape index (κ2) is 20.6. The molecule has 1 nitrogen and oxygen atoms in total. The maximum atomic E-state index is 5.29. The van der Waals surface area contributed by atoms with Crippen molar-refractivity contribution < 1.29 is 0 Å². The fourth-order valence-corrected chi connectivity index (χ4v) is 4.43. The van der Waals surface area contributed by atoms with Crippen molar-refractivity contribution in [2.24, 2.45) is 0 Å². The zero-order chi connectivity index (χ0) is 18.6. The Bertz CT molecular complexity index is 279. The number of hydrogen-bond acceptors (Lipinski definition) is 2. The van der Waals surface area contributed by atoms with E-state index in [1.807, 2.05) is 11.8 Å². The van der Waals surface area contributed by atoms with Crippen LogP contribution in [0, 0.1) is 0 Å². The summed E-state index contributed by atoms with van der Waals surface area (Å²) in [6, 6.07) is 0.464. The van der Waals surface area contributed by atoms with E-state index in [9.17, 15) is 0 Å². The van der Waals surface area contributed by atoms with Crippen LogP contribution in [-0.4, -0.2) is 16.1 Å². The van der Waals surface area contributed by atoms with Crippen molar-refractivity contribution in [2.75, 3.05) is 5.75 Å². The summed E-state index contributed by atoms with van der Waals surface area (Å²) in [5.41, 5.74) is 0. The molecule has 0 aliphatic carbocycles. The Labute approximate surface area is 168 Å². The standard InChI is InChI=1S/C22H45NS2/c1-4-5-6-7-8-9-10-11-12-13-14-15-16-17-18-19-20-25-22(24)23-21(2)3/h21H,4-20H2,1-3H3,(H,23,24). The largest absolute Gasteiger partial charge is 0.369 e. The van der Waals surface area contributed by atoms with Crippen LogP contribution in [0.5, 0.6) is 0 Å². The highest BCUT2D eigenvalue weighted by Crippen LogP contribution is 2.14. The summed E-state index contributed by atoms with van der Waals surface area (Å²) in [4.78, 5) is 0. The van der Waals surface area contributed by atoms with Gasteiger partial charge in [-0.1, -0.05) is 127 Å². The van der Waals surface area contributed by atoms with E-state index < -0.39 is 0 Å². The van der Waals surface area contributed by atoms with Gasteiger partial charge < -0.3 is 5.32 Å².